The van der Waals surface area contributed by atoms with Crippen LogP contribution < -0.4 is 5.73 Å². The highest BCUT2D eigenvalue weighted by Gasteiger charge is 2.06. The number of fused-ring (bicyclic) bond motifs is 1. The fraction of sp³-hybridized carbons (Fsp3) is 0. The highest BCUT2D eigenvalue weighted by Crippen LogP contribution is 2.28. The van der Waals surface area contributed by atoms with E-state index in [-0.39, 0.29) is 0 Å². The zero-order valence-corrected chi connectivity index (χ0v) is 9.59. The number of nitrogens with two attached hydrogens (primary N) is 1. The van der Waals surface area contributed by atoms with Gasteiger partial charge in [-0.1, -0.05) is 11.6 Å². The van der Waals surface area contributed by atoms with Crippen LogP contribution in [0.5, 0.6) is 0 Å². The Kier molecular flexibility index (Phi) is 2.23. The van der Waals surface area contributed by atoms with Gasteiger partial charge >= 0.3 is 0 Å². The molecule has 2 heterocycles. The zero-order chi connectivity index (χ0) is 11.8. The van der Waals surface area contributed by atoms with Crippen LogP contribution in [-0.2, 0) is 0 Å². The molecule has 0 saturated carbocycles. The Morgan fingerprint density at radius 1 is 1.24 bits per heavy atom. The summed E-state index contributed by atoms with van der Waals surface area (Å²) in [6, 6.07) is 7.22. The van der Waals surface area contributed by atoms with Crippen LogP contribution in [0.1, 0.15) is 0 Å². The summed E-state index contributed by atoms with van der Waals surface area (Å²) >= 11 is 6.13. The Labute approximate surface area is 103 Å². The van der Waals surface area contributed by atoms with E-state index in [0.29, 0.717) is 10.7 Å². The molecular weight excluding hydrogens is 236 g/mol. The minimum absolute atomic E-state index is 0.623. The molecule has 0 amide bonds. The number of nitrogens with zero attached hydrogens (tertiary/aromatic N) is 3. The average molecular weight is 245 g/mol. The summed E-state index contributed by atoms with van der Waals surface area (Å²) in [6.45, 7) is 0. The van der Waals surface area contributed by atoms with Crippen LogP contribution in [0.15, 0.2) is 42.9 Å². The van der Waals surface area contributed by atoms with Crippen molar-refractivity contribution in [3.8, 4) is 11.3 Å². The molecule has 3 aromatic rings. The molecule has 2 N–H and O–H groups in total. The highest BCUT2D eigenvalue weighted by atomic mass is 35.5. The van der Waals surface area contributed by atoms with E-state index in [4.69, 9.17) is 17.3 Å². The molecule has 3 rings (SSSR count). The maximum absolute atomic E-state index is 6.13. The molecule has 0 aliphatic carbocycles. The first-order valence-corrected chi connectivity index (χ1v) is 5.46. The van der Waals surface area contributed by atoms with Gasteiger partial charge in [-0.15, -0.1) is 0 Å². The lowest BCUT2D eigenvalue weighted by atomic mass is 10.1. The molecule has 1 aromatic carbocycles. The molecule has 0 saturated heterocycles. The van der Waals surface area contributed by atoms with Gasteiger partial charge in [-0.05, 0) is 24.3 Å². The minimum Gasteiger partial charge on any atom is -0.399 e. The van der Waals surface area contributed by atoms with Crippen LogP contribution in [0.4, 0.5) is 5.69 Å². The topological polar surface area (TPSA) is 56.2 Å². The number of anilines is 1. The normalized spacial score (nSPS) is 10.9. The number of aromatic nitrogens is 3. The lowest BCUT2D eigenvalue weighted by Crippen LogP contribution is -1.93. The van der Waals surface area contributed by atoms with E-state index in [0.717, 1.165) is 16.8 Å². The molecule has 0 atom stereocenters. The summed E-state index contributed by atoms with van der Waals surface area (Å²) in [6.07, 6.45) is 5.31. The van der Waals surface area contributed by atoms with Gasteiger partial charge in [-0.3, -0.25) is 4.98 Å². The monoisotopic (exact) mass is 244 g/mol. The number of hydrogen-bond acceptors (Lipinski definition) is 3. The first-order valence-electron chi connectivity index (χ1n) is 5.09. The molecule has 84 valence electrons. The SMILES string of the molecule is Nc1ccc(Cl)c(-c2cn3nccc3cn2)c1. The third-order valence-electron chi connectivity index (χ3n) is 2.55. The second kappa shape index (κ2) is 3.75. The van der Waals surface area contributed by atoms with Crippen molar-refractivity contribution < 1.29 is 0 Å². The Morgan fingerprint density at radius 3 is 3.00 bits per heavy atom. The van der Waals surface area contributed by atoms with Crippen molar-refractivity contribution in [1.82, 2.24) is 14.6 Å². The van der Waals surface area contributed by atoms with Gasteiger partial charge in [0.2, 0.25) is 0 Å². The van der Waals surface area contributed by atoms with Gasteiger partial charge in [0.25, 0.3) is 0 Å². The minimum atomic E-state index is 0.623. The Hall–Kier alpha value is -2.07. The fourth-order valence-electron chi connectivity index (χ4n) is 1.70. The van der Waals surface area contributed by atoms with E-state index in [9.17, 15) is 0 Å². The van der Waals surface area contributed by atoms with Crippen LogP contribution in [0.25, 0.3) is 16.8 Å². The molecule has 0 fully saturated rings. The van der Waals surface area contributed by atoms with Crippen molar-refractivity contribution in [3.63, 3.8) is 0 Å². The van der Waals surface area contributed by atoms with Crippen molar-refractivity contribution in [3.05, 3.63) is 47.9 Å². The number of rotatable bonds is 1. The van der Waals surface area contributed by atoms with Gasteiger partial charge in [-0.25, -0.2) is 4.52 Å². The first-order chi connectivity index (χ1) is 8.24. The number of benzene rings is 1. The second-order valence-corrected chi connectivity index (χ2v) is 4.12. The molecule has 0 unspecified atom stereocenters. The van der Waals surface area contributed by atoms with Crippen LogP contribution in [0.3, 0.4) is 0 Å². The van der Waals surface area contributed by atoms with E-state index in [1.165, 1.54) is 0 Å². The lowest BCUT2D eigenvalue weighted by Gasteiger charge is -2.05. The van der Waals surface area contributed by atoms with Gasteiger partial charge in [0.15, 0.2) is 0 Å². The van der Waals surface area contributed by atoms with Crippen molar-refractivity contribution in [2.75, 3.05) is 5.73 Å². The van der Waals surface area contributed by atoms with Crippen LogP contribution >= 0.6 is 11.6 Å². The molecule has 5 heteroatoms. The van der Waals surface area contributed by atoms with Gasteiger partial charge in [0.1, 0.15) is 0 Å². The van der Waals surface area contributed by atoms with Gasteiger partial charge < -0.3 is 5.73 Å². The van der Waals surface area contributed by atoms with Gasteiger partial charge in [0, 0.05) is 11.3 Å². The van der Waals surface area contributed by atoms with Gasteiger partial charge in [0.05, 0.1) is 34.8 Å². The summed E-state index contributed by atoms with van der Waals surface area (Å²) in [4.78, 5) is 4.35. The van der Waals surface area contributed by atoms with Crippen LogP contribution in [0.2, 0.25) is 5.02 Å². The Bertz CT molecular complexity index is 690. The Balaban J connectivity index is 2.22. The van der Waals surface area contributed by atoms with Crippen molar-refractivity contribution in [2.24, 2.45) is 0 Å². The molecule has 0 bridgehead atoms. The Morgan fingerprint density at radius 2 is 2.12 bits per heavy atom. The molecule has 0 aliphatic heterocycles. The van der Waals surface area contributed by atoms with Crippen LogP contribution in [0, 0.1) is 0 Å². The molecule has 2 aromatic heterocycles. The zero-order valence-electron chi connectivity index (χ0n) is 8.84. The first kappa shape index (κ1) is 10.1. The summed E-state index contributed by atoms with van der Waals surface area (Å²) < 4.78 is 1.75. The number of halogens is 1. The summed E-state index contributed by atoms with van der Waals surface area (Å²) in [5.74, 6) is 0. The van der Waals surface area contributed by atoms with E-state index in [1.54, 1.807) is 35.1 Å². The molecule has 17 heavy (non-hydrogen) atoms. The second-order valence-electron chi connectivity index (χ2n) is 3.71. The van der Waals surface area contributed by atoms with Crippen molar-refractivity contribution >= 4 is 22.8 Å². The van der Waals surface area contributed by atoms with Crippen molar-refractivity contribution in [1.29, 1.82) is 0 Å². The average Bonchev–Trinajstić information content (AvgIpc) is 2.79. The number of nitrogen functional groups attached to an aromatic ring is 1. The summed E-state index contributed by atoms with van der Waals surface area (Å²) in [7, 11) is 0. The standard InChI is InChI=1S/C12H9ClN4/c13-11-2-1-8(14)5-10(11)12-7-17-9(6-15-12)3-4-16-17/h1-7H,14H2. The molecule has 0 radical (unpaired) electrons. The maximum atomic E-state index is 6.13. The predicted octanol–water partition coefficient (Wildman–Crippen LogP) is 2.63. The molecule has 0 spiro atoms. The van der Waals surface area contributed by atoms with Crippen LogP contribution in [-0.4, -0.2) is 14.6 Å². The highest BCUT2D eigenvalue weighted by molar-refractivity contribution is 6.33. The van der Waals surface area contributed by atoms with E-state index in [1.807, 2.05) is 12.3 Å². The third-order valence-corrected chi connectivity index (χ3v) is 2.88. The summed E-state index contributed by atoms with van der Waals surface area (Å²) in [5, 5.41) is 4.78. The molecule has 0 aliphatic rings. The third kappa shape index (κ3) is 1.72. The van der Waals surface area contributed by atoms with E-state index < -0.39 is 0 Å². The lowest BCUT2D eigenvalue weighted by molar-refractivity contribution is 0.949. The van der Waals surface area contributed by atoms with E-state index >= 15 is 0 Å². The van der Waals surface area contributed by atoms with Crippen molar-refractivity contribution in [2.45, 2.75) is 0 Å². The smallest absolute Gasteiger partial charge is 0.0902 e. The predicted molar refractivity (Wildman–Crippen MR) is 67.8 cm³/mol. The van der Waals surface area contributed by atoms with E-state index in [2.05, 4.69) is 10.1 Å². The molecule has 4 nitrogen and oxygen atoms in total. The quantitative estimate of drug-likeness (QED) is 0.670. The largest absolute Gasteiger partial charge is 0.399 e. The van der Waals surface area contributed by atoms with Gasteiger partial charge in [-0.2, -0.15) is 5.10 Å². The maximum Gasteiger partial charge on any atom is 0.0902 e. The summed E-state index contributed by atoms with van der Waals surface area (Å²) in [5.41, 5.74) is 8.90. The fourth-order valence-corrected chi connectivity index (χ4v) is 1.91. The molecular formula is C12H9ClN4. The number of hydrogen-bond donors (Lipinski definition) is 1.